The van der Waals surface area contributed by atoms with Gasteiger partial charge in [0.05, 0.1) is 0 Å². The first-order chi connectivity index (χ1) is 14.4. The molecule has 0 aliphatic carbocycles. The van der Waals surface area contributed by atoms with Crippen molar-refractivity contribution in [1.29, 1.82) is 0 Å². The van der Waals surface area contributed by atoms with Crippen LogP contribution in [-0.4, -0.2) is 19.0 Å². The van der Waals surface area contributed by atoms with Crippen molar-refractivity contribution < 1.29 is 22.6 Å². The van der Waals surface area contributed by atoms with E-state index >= 15 is 0 Å². The molecule has 0 aliphatic rings. The zero-order valence-corrected chi connectivity index (χ0v) is 19.4. The zero-order valence-electron chi connectivity index (χ0n) is 19.4. The Morgan fingerprint density at radius 3 is 1.87 bits per heavy atom. The highest BCUT2D eigenvalue weighted by Gasteiger charge is 2.34. The Labute approximate surface area is 181 Å². The Balaban J connectivity index is 2.62. The highest BCUT2D eigenvalue weighted by Crippen LogP contribution is 2.33. The molecular formula is C25H41F3O2. The number of ether oxygens (including phenoxy) is 2. The van der Waals surface area contributed by atoms with Crippen LogP contribution in [0.1, 0.15) is 97.5 Å². The van der Waals surface area contributed by atoms with Crippen LogP contribution in [0.25, 0.3) is 0 Å². The summed E-state index contributed by atoms with van der Waals surface area (Å²) in [5.41, 5.74) is 0.235. The molecule has 1 aromatic rings. The Hall–Kier alpha value is -1.07. The Bertz CT molecular complexity index is 586. The van der Waals surface area contributed by atoms with Gasteiger partial charge in [-0.25, -0.2) is 13.2 Å². The summed E-state index contributed by atoms with van der Waals surface area (Å²) in [6, 6.07) is 1.61. The lowest BCUT2D eigenvalue weighted by molar-refractivity contribution is -0.254. The summed E-state index contributed by atoms with van der Waals surface area (Å²) < 4.78 is 52.4. The van der Waals surface area contributed by atoms with Crippen LogP contribution in [-0.2, 0) is 15.9 Å². The Kier molecular flexibility index (Phi) is 13.3. The topological polar surface area (TPSA) is 18.5 Å². The molecule has 0 bridgehead atoms. The molecule has 0 aromatic heterocycles. The normalized spacial score (nSPS) is 13.0. The van der Waals surface area contributed by atoms with E-state index in [1.165, 1.54) is 32.1 Å². The summed E-state index contributed by atoms with van der Waals surface area (Å²) in [6.07, 6.45) is 11.3. The van der Waals surface area contributed by atoms with Gasteiger partial charge in [-0.2, -0.15) is 0 Å². The van der Waals surface area contributed by atoms with Gasteiger partial charge in [0.25, 0.3) is 0 Å². The van der Waals surface area contributed by atoms with Crippen LogP contribution in [0.2, 0.25) is 0 Å². The Morgan fingerprint density at radius 2 is 1.27 bits per heavy atom. The third-order valence-electron chi connectivity index (χ3n) is 5.85. The number of benzene rings is 1. The monoisotopic (exact) mass is 430 g/mol. The van der Waals surface area contributed by atoms with E-state index in [2.05, 4.69) is 6.92 Å². The lowest BCUT2D eigenvalue weighted by Gasteiger charge is -2.37. The van der Waals surface area contributed by atoms with Crippen molar-refractivity contribution >= 4 is 0 Å². The van der Waals surface area contributed by atoms with Crippen LogP contribution in [0.5, 0.6) is 0 Å². The van der Waals surface area contributed by atoms with Crippen molar-refractivity contribution in [2.24, 2.45) is 5.92 Å². The summed E-state index contributed by atoms with van der Waals surface area (Å²) in [4.78, 5) is 0. The van der Waals surface area contributed by atoms with Gasteiger partial charge in [0, 0.05) is 25.2 Å². The second-order valence-electron chi connectivity index (χ2n) is 8.24. The number of aryl methyl sites for hydroxylation is 1. The van der Waals surface area contributed by atoms with Crippen LogP contribution in [0.15, 0.2) is 12.1 Å². The van der Waals surface area contributed by atoms with Gasteiger partial charge in [-0.05, 0) is 58.1 Å². The molecule has 0 aliphatic heterocycles. The van der Waals surface area contributed by atoms with Gasteiger partial charge >= 0.3 is 0 Å². The van der Waals surface area contributed by atoms with Gasteiger partial charge < -0.3 is 9.47 Å². The second-order valence-corrected chi connectivity index (χ2v) is 8.24. The molecular weight excluding hydrogens is 389 g/mol. The minimum Gasteiger partial charge on any atom is -0.350 e. The molecule has 0 saturated heterocycles. The maximum Gasteiger partial charge on any atom is 0.168 e. The number of unbranched alkanes of at least 4 members (excludes halogenated alkanes) is 6. The zero-order chi connectivity index (χ0) is 22.4. The van der Waals surface area contributed by atoms with Gasteiger partial charge in [0.2, 0.25) is 0 Å². The van der Waals surface area contributed by atoms with E-state index in [9.17, 15) is 13.2 Å². The lowest BCUT2D eigenvalue weighted by Crippen LogP contribution is -2.41. The summed E-state index contributed by atoms with van der Waals surface area (Å²) in [7, 11) is 0. The van der Waals surface area contributed by atoms with Crippen LogP contribution in [0, 0.1) is 23.4 Å². The van der Waals surface area contributed by atoms with Crippen molar-refractivity contribution in [2.75, 3.05) is 13.2 Å². The largest absolute Gasteiger partial charge is 0.350 e. The first kappa shape index (κ1) is 27.0. The van der Waals surface area contributed by atoms with E-state index in [1.807, 2.05) is 20.8 Å². The number of halogens is 3. The average Bonchev–Trinajstić information content (AvgIpc) is 2.70. The van der Waals surface area contributed by atoms with E-state index in [1.54, 1.807) is 0 Å². The van der Waals surface area contributed by atoms with Crippen molar-refractivity contribution in [3.8, 4) is 0 Å². The predicted octanol–water partition coefficient (Wildman–Crippen LogP) is 7.97. The third-order valence-corrected chi connectivity index (χ3v) is 5.85. The van der Waals surface area contributed by atoms with Crippen molar-refractivity contribution in [2.45, 2.75) is 104 Å². The standard InChI is InChI=1S/C25H41F3O2/c1-5-8-9-10-11-12-16-21(25(4,29-6-2)30-7-3)17-14-13-15-20-18-23(27)24(28)19-22(20)26/h18-19,21H,5-17H2,1-4H3. The quantitative estimate of drug-likeness (QED) is 0.142. The lowest BCUT2D eigenvalue weighted by atomic mass is 9.87. The number of hydrogen-bond donors (Lipinski definition) is 0. The van der Waals surface area contributed by atoms with Crippen molar-refractivity contribution in [3.05, 3.63) is 35.1 Å². The number of hydrogen-bond acceptors (Lipinski definition) is 2. The van der Waals surface area contributed by atoms with Crippen LogP contribution < -0.4 is 0 Å². The molecule has 30 heavy (non-hydrogen) atoms. The highest BCUT2D eigenvalue weighted by molar-refractivity contribution is 5.20. The summed E-state index contributed by atoms with van der Waals surface area (Å²) >= 11 is 0. The first-order valence-electron chi connectivity index (χ1n) is 11.8. The molecule has 0 spiro atoms. The fraction of sp³-hybridized carbons (Fsp3) is 0.760. The minimum atomic E-state index is -1.14. The third kappa shape index (κ3) is 9.38. The van der Waals surface area contributed by atoms with E-state index in [0.717, 1.165) is 31.7 Å². The molecule has 1 unspecified atom stereocenters. The molecule has 1 aromatic carbocycles. The molecule has 0 N–H and O–H groups in total. The maximum absolute atomic E-state index is 13.9. The molecule has 0 radical (unpaired) electrons. The molecule has 1 atom stereocenters. The second kappa shape index (κ2) is 14.9. The smallest absolute Gasteiger partial charge is 0.168 e. The molecule has 5 heteroatoms. The van der Waals surface area contributed by atoms with E-state index in [0.29, 0.717) is 32.1 Å². The first-order valence-corrected chi connectivity index (χ1v) is 11.8. The van der Waals surface area contributed by atoms with Gasteiger partial charge in [0.1, 0.15) is 5.82 Å². The fourth-order valence-electron chi connectivity index (χ4n) is 4.15. The molecule has 0 heterocycles. The SMILES string of the molecule is CCCCCCCCC(CCCCc1cc(F)c(F)cc1F)C(C)(OCC)OCC. The predicted molar refractivity (Wildman–Crippen MR) is 117 cm³/mol. The highest BCUT2D eigenvalue weighted by atomic mass is 19.2. The van der Waals surface area contributed by atoms with Gasteiger partial charge in [-0.15, -0.1) is 0 Å². The van der Waals surface area contributed by atoms with Crippen molar-refractivity contribution in [1.82, 2.24) is 0 Å². The molecule has 174 valence electrons. The van der Waals surface area contributed by atoms with Gasteiger partial charge in [0.15, 0.2) is 17.4 Å². The van der Waals surface area contributed by atoms with E-state index < -0.39 is 23.2 Å². The average molecular weight is 431 g/mol. The van der Waals surface area contributed by atoms with Crippen LogP contribution in [0.3, 0.4) is 0 Å². The molecule has 0 amide bonds. The van der Waals surface area contributed by atoms with Gasteiger partial charge in [-0.1, -0.05) is 51.9 Å². The summed E-state index contributed by atoms with van der Waals surface area (Å²) in [5, 5.41) is 0. The fourth-order valence-corrected chi connectivity index (χ4v) is 4.15. The van der Waals surface area contributed by atoms with E-state index in [4.69, 9.17) is 9.47 Å². The molecule has 0 fully saturated rings. The van der Waals surface area contributed by atoms with Crippen LogP contribution in [0.4, 0.5) is 13.2 Å². The van der Waals surface area contributed by atoms with Crippen LogP contribution >= 0.6 is 0 Å². The van der Waals surface area contributed by atoms with E-state index in [-0.39, 0.29) is 11.5 Å². The van der Waals surface area contributed by atoms with Gasteiger partial charge in [-0.3, -0.25) is 0 Å². The molecule has 1 rings (SSSR count). The summed E-state index contributed by atoms with van der Waals surface area (Å²) in [6.45, 7) is 9.37. The molecule has 2 nitrogen and oxygen atoms in total. The summed E-state index contributed by atoms with van der Waals surface area (Å²) in [5.74, 6) is -3.18. The number of rotatable bonds is 17. The van der Waals surface area contributed by atoms with Crippen molar-refractivity contribution in [3.63, 3.8) is 0 Å². The maximum atomic E-state index is 13.9. The minimum absolute atomic E-state index is 0.235. The Morgan fingerprint density at radius 1 is 0.733 bits per heavy atom. The molecule has 0 saturated carbocycles.